The number of carboxylic acids is 1. The van der Waals surface area contributed by atoms with E-state index in [2.05, 4.69) is 10.2 Å². The molecule has 1 fully saturated rings. The fraction of sp³-hybridized carbons (Fsp3) is 0.727. The number of aliphatic hydroxyl groups is 1. The summed E-state index contributed by atoms with van der Waals surface area (Å²) in [5.74, 6) is -0.475. The van der Waals surface area contributed by atoms with Crippen molar-refractivity contribution in [2.75, 3.05) is 5.75 Å². The van der Waals surface area contributed by atoms with Crippen LogP contribution in [0, 0.1) is 12.8 Å². The fourth-order valence-corrected chi connectivity index (χ4v) is 4.05. The smallest absolute Gasteiger partial charge is 0.306 e. The molecular formula is C11H16N2O3S2. The van der Waals surface area contributed by atoms with E-state index in [4.69, 9.17) is 5.11 Å². The minimum Gasteiger partial charge on any atom is -0.481 e. The zero-order valence-electron chi connectivity index (χ0n) is 10.1. The predicted molar refractivity (Wildman–Crippen MR) is 69.9 cm³/mol. The first kappa shape index (κ1) is 13.8. The number of hydrogen-bond donors (Lipinski definition) is 2. The molecule has 0 bridgehead atoms. The van der Waals surface area contributed by atoms with Gasteiger partial charge in [-0.1, -0.05) is 23.1 Å². The summed E-state index contributed by atoms with van der Waals surface area (Å²) >= 11 is 3.02. The lowest BCUT2D eigenvalue weighted by Gasteiger charge is -2.34. The standard InChI is InChI=1S/C11H16N2O3S2/c1-7-12-13-10(18-7)17-6-11(16)4-2-8(3-5-11)9(14)15/h8,16H,2-6H2,1H3,(H,14,15). The maximum Gasteiger partial charge on any atom is 0.306 e. The van der Waals surface area contributed by atoms with Crippen LogP contribution in [-0.2, 0) is 4.79 Å². The molecule has 0 aliphatic heterocycles. The van der Waals surface area contributed by atoms with Crippen LogP contribution in [0.2, 0.25) is 0 Å². The second-order valence-electron chi connectivity index (χ2n) is 4.71. The van der Waals surface area contributed by atoms with E-state index in [0.717, 1.165) is 9.35 Å². The summed E-state index contributed by atoms with van der Waals surface area (Å²) in [4.78, 5) is 10.8. The molecule has 0 atom stereocenters. The highest BCUT2D eigenvalue weighted by atomic mass is 32.2. The van der Waals surface area contributed by atoms with Crippen molar-refractivity contribution in [2.45, 2.75) is 42.5 Å². The second-order valence-corrected chi connectivity index (χ2v) is 7.12. The molecule has 100 valence electrons. The average molecular weight is 288 g/mol. The van der Waals surface area contributed by atoms with Gasteiger partial charge in [-0.15, -0.1) is 10.2 Å². The minimum absolute atomic E-state index is 0.293. The molecule has 1 aliphatic carbocycles. The monoisotopic (exact) mass is 288 g/mol. The van der Waals surface area contributed by atoms with Crippen molar-refractivity contribution >= 4 is 29.1 Å². The summed E-state index contributed by atoms with van der Waals surface area (Å²) in [6.45, 7) is 1.90. The Hall–Kier alpha value is -0.660. The summed E-state index contributed by atoms with van der Waals surface area (Å²) in [5, 5.41) is 28.1. The fourth-order valence-electron chi connectivity index (χ4n) is 2.08. The van der Waals surface area contributed by atoms with E-state index < -0.39 is 11.6 Å². The maximum absolute atomic E-state index is 10.8. The van der Waals surface area contributed by atoms with Crippen molar-refractivity contribution in [1.82, 2.24) is 10.2 Å². The first-order valence-electron chi connectivity index (χ1n) is 5.87. The van der Waals surface area contributed by atoms with Gasteiger partial charge in [-0.25, -0.2) is 0 Å². The molecule has 1 heterocycles. The average Bonchev–Trinajstić information content (AvgIpc) is 2.73. The van der Waals surface area contributed by atoms with E-state index in [-0.39, 0.29) is 5.92 Å². The second kappa shape index (κ2) is 5.54. The largest absolute Gasteiger partial charge is 0.481 e. The van der Waals surface area contributed by atoms with Crippen molar-refractivity contribution in [3.05, 3.63) is 5.01 Å². The van der Waals surface area contributed by atoms with E-state index in [1.807, 2.05) is 6.92 Å². The summed E-state index contributed by atoms with van der Waals surface area (Å²) in [7, 11) is 0. The molecular weight excluding hydrogens is 272 g/mol. The molecule has 1 aromatic rings. The lowest BCUT2D eigenvalue weighted by atomic mass is 9.80. The van der Waals surface area contributed by atoms with Crippen molar-refractivity contribution in [3.63, 3.8) is 0 Å². The highest BCUT2D eigenvalue weighted by Crippen LogP contribution is 2.36. The maximum atomic E-state index is 10.8. The van der Waals surface area contributed by atoms with Crippen molar-refractivity contribution in [3.8, 4) is 0 Å². The topological polar surface area (TPSA) is 83.3 Å². The molecule has 0 aromatic carbocycles. The summed E-state index contributed by atoms with van der Waals surface area (Å²) in [6, 6.07) is 0. The molecule has 1 saturated carbocycles. The van der Waals surface area contributed by atoms with Crippen LogP contribution in [-0.4, -0.2) is 37.7 Å². The molecule has 5 nitrogen and oxygen atoms in total. The van der Waals surface area contributed by atoms with E-state index in [1.165, 1.54) is 23.1 Å². The Bertz CT molecular complexity index is 428. The van der Waals surface area contributed by atoms with Gasteiger partial charge in [0.2, 0.25) is 0 Å². The van der Waals surface area contributed by atoms with Gasteiger partial charge in [-0.05, 0) is 32.6 Å². The third-order valence-electron chi connectivity index (χ3n) is 3.24. The number of carboxylic acid groups (broad SMARTS) is 1. The lowest BCUT2D eigenvalue weighted by molar-refractivity contribution is -0.144. The molecule has 0 unspecified atom stereocenters. The molecule has 1 aliphatic rings. The van der Waals surface area contributed by atoms with Crippen LogP contribution in [0.5, 0.6) is 0 Å². The molecule has 0 spiro atoms. The lowest BCUT2D eigenvalue weighted by Crippen LogP contribution is -2.38. The summed E-state index contributed by atoms with van der Waals surface area (Å²) in [6.07, 6.45) is 2.21. The Morgan fingerprint density at radius 3 is 2.67 bits per heavy atom. The van der Waals surface area contributed by atoms with Crippen molar-refractivity contribution in [1.29, 1.82) is 0 Å². The van der Waals surface area contributed by atoms with Crippen LogP contribution < -0.4 is 0 Å². The summed E-state index contributed by atoms with van der Waals surface area (Å²) < 4.78 is 0.862. The van der Waals surface area contributed by atoms with E-state index in [1.54, 1.807) is 0 Å². The summed E-state index contributed by atoms with van der Waals surface area (Å²) in [5.41, 5.74) is -0.754. The molecule has 2 rings (SSSR count). The Labute approximate surface area is 114 Å². The number of aliphatic carboxylic acids is 1. The molecule has 7 heteroatoms. The normalized spacial score (nSPS) is 28.2. The Morgan fingerprint density at radius 1 is 1.50 bits per heavy atom. The van der Waals surface area contributed by atoms with Crippen LogP contribution in [0.25, 0.3) is 0 Å². The number of aryl methyl sites for hydroxylation is 1. The number of thioether (sulfide) groups is 1. The van der Waals surface area contributed by atoms with Crippen molar-refractivity contribution in [2.24, 2.45) is 5.92 Å². The highest BCUT2D eigenvalue weighted by molar-refractivity contribution is 8.01. The minimum atomic E-state index is -0.754. The Morgan fingerprint density at radius 2 is 2.17 bits per heavy atom. The van der Waals surface area contributed by atoms with Gasteiger partial charge in [0.15, 0.2) is 4.34 Å². The van der Waals surface area contributed by atoms with E-state index >= 15 is 0 Å². The zero-order chi connectivity index (χ0) is 13.2. The predicted octanol–water partition coefficient (Wildman–Crippen LogP) is 1.94. The van der Waals surface area contributed by atoms with Gasteiger partial charge >= 0.3 is 5.97 Å². The first-order chi connectivity index (χ1) is 8.48. The van der Waals surface area contributed by atoms with Crippen LogP contribution in [0.15, 0.2) is 4.34 Å². The van der Waals surface area contributed by atoms with Gasteiger partial charge in [-0.2, -0.15) is 0 Å². The first-order valence-corrected chi connectivity index (χ1v) is 7.67. The number of carbonyl (C=O) groups is 1. The van der Waals surface area contributed by atoms with Gasteiger partial charge in [0.05, 0.1) is 11.5 Å². The molecule has 0 radical (unpaired) electrons. The molecule has 18 heavy (non-hydrogen) atoms. The Kier molecular flexibility index (Phi) is 4.24. The van der Waals surface area contributed by atoms with Crippen LogP contribution in [0.3, 0.4) is 0 Å². The number of nitrogens with zero attached hydrogens (tertiary/aromatic N) is 2. The SMILES string of the molecule is Cc1nnc(SCC2(O)CCC(C(=O)O)CC2)s1. The Balaban J connectivity index is 1.84. The zero-order valence-corrected chi connectivity index (χ0v) is 11.8. The number of aromatic nitrogens is 2. The van der Waals surface area contributed by atoms with Gasteiger partial charge in [0.1, 0.15) is 5.01 Å². The quantitative estimate of drug-likeness (QED) is 0.824. The third-order valence-corrected chi connectivity index (χ3v) is 5.48. The molecule has 0 saturated heterocycles. The van der Waals surface area contributed by atoms with Gasteiger partial charge in [0, 0.05) is 5.75 Å². The number of hydrogen-bond acceptors (Lipinski definition) is 6. The van der Waals surface area contributed by atoms with Gasteiger partial charge in [0.25, 0.3) is 0 Å². The number of rotatable bonds is 4. The van der Waals surface area contributed by atoms with Crippen LogP contribution in [0.4, 0.5) is 0 Å². The third kappa shape index (κ3) is 3.43. The molecule has 0 amide bonds. The van der Waals surface area contributed by atoms with Crippen LogP contribution in [0.1, 0.15) is 30.7 Å². The van der Waals surface area contributed by atoms with E-state index in [9.17, 15) is 9.90 Å². The van der Waals surface area contributed by atoms with E-state index in [0.29, 0.717) is 31.4 Å². The van der Waals surface area contributed by atoms with Crippen molar-refractivity contribution < 1.29 is 15.0 Å². The molecule has 1 aromatic heterocycles. The van der Waals surface area contributed by atoms with Crippen LogP contribution >= 0.6 is 23.1 Å². The highest BCUT2D eigenvalue weighted by Gasteiger charge is 2.35. The van der Waals surface area contributed by atoms with Gasteiger partial charge < -0.3 is 10.2 Å². The molecule has 2 N–H and O–H groups in total. The van der Waals surface area contributed by atoms with Gasteiger partial charge in [-0.3, -0.25) is 4.79 Å².